The number of hydrogen-bond donors (Lipinski definition) is 1. The zero-order valence-electron chi connectivity index (χ0n) is 22.8. The second kappa shape index (κ2) is 11.5. The number of aryl methyl sites for hydroxylation is 1. The number of alkyl halides is 3. The summed E-state index contributed by atoms with van der Waals surface area (Å²) in [6, 6.07) is 15.6. The number of ketones is 1. The lowest BCUT2D eigenvalue weighted by Gasteiger charge is -2.41. The SMILES string of the molecule is Cc1cc(CSc2ccc(F)cc2)c(C)c(C2C(C#N)=C(N)N(c3ccc(Cl)cc3C(F)(F)F)C3=C2C(=O)CCC3)c1. The Morgan fingerprint density at radius 1 is 1.10 bits per heavy atom. The number of hydrogen-bond acceptors (Lipinski definition) is 5. The molecule has 0 saturated heterocycles. The average Bonchev–Trinajstić information content (AvgIpc) is 2.93. The average molecular weight is 612 g/mol. The van der Waals surface area contributed by atoms with E-state index in [1.54, 1.807) is 12.1 Å². The number of Topliss-reactive ketones (excluding diaryl/α,β-unsaturated/α-hetero) is 1. The highest BCUT2D eigenvalue weighted by Gasteiger charge is 2.44. The van der Waals surface area contributed by atoms with Gasteiger partial charge in [-0.3, -0.25) is 9.69 Å². The van der Waals surface area contributed by atoms with Gasteiger partial charge in [-0.15, -0.1) is 11.8 Å². The van der Waals surface area contributed by atoms with E-state index >= 15 is 0 Å². The quantitative estimate of drug-likeness (QED) is 0.231. The third kappa shape index (κ3) is 5.53. The van der Waals surface area contributed by atoms with Gasteiger partial charge in [-0.05, 0) is 85.8 Å². The molecule has 1 unspecified atom stereocenters. The van der Waals surface area contributed by atoms with Gasteiger partial charge in [0.15, 0.2) is 5.78 Å². The molecule has 0 bridgehead atoms. The standard InChI is InChI=1S/C32H26ClF4N3OS/c1-17-12-19(16-42-22-9-7-21(34)8-10-22)18(2)23(13-17)29-24(15-38)31(39)40(27-4-3-5-28(41)30(27)29)26-11-6-20(33)14-25(26)32(35,36)37/h6-14,29H,3-5,16,39H2,1-2H3. The molecule has 1 aliphatic carbocycles. The number of benzene rings is 3. The van der Waals surface area contributed by atoms with Crippen LogP contribution in [0.3, 0.4) is 0 Å². The number of nitrogens with two attached hydrogens (primary N) is 1. The van der Waals surface area contributed by atoms with Crippen LogP contribution in [-0.4, -0.2) is 5.78 Å². The maximum Gasteiger partial charge on any atom is 0.418 e. The zero-order chi connectivity index (χ0) is 30.3. The molecule has 1 heterocycles. The first kappa shape index (κ1) is 29.7. The third-order valence-electron chi connectivity index (χ3n) is 7.64. The van der Waals surface area contributed by atoms with Crippen LogP contribution in [0.5, 0.6) is 0 Å². The molecule has 1 atom stereocenters. The van der Waals surface area contributed by atoms with Gasteiger partial charge in [-0.2, -0.15) is 18.4 Å². The van der Waals surface area contributed by atoms with Crippen molar-refractivity contribution in [2.45, 2.75) is 55.9 Å². The lowest BCUT2D eigenvalue weighted by Crippen LogP contribution is -2.39. The van der Waals surface area contributed by atoms with Crippen molar-refractivity contribution in [2.24, 2.45) is 5.73 Å². The molecule has 5 rings (SSSR count). The molecule has 0 saturated carbocycles. The summed E-state index contributed by atoms with van der Waals surface area (Å²) in [5.41, 5.74) is 9.36. The third-order valence-corrected chi connectivity index (χ3v) is 8.93. The molecule has 0 spiro atoms. The first-order chi connectivity index (χ1) is 19.9. The van der Waals surface area contributed by atoms with E-state index in [0.717, 1.165) is 27.7 Å². The molecule has 42 heavy (non-hydrogen) atoms. The first-order valence-corrected chi connectivity index (χ1v) is 14.6. The van der Waals surface area contributed by atoms with Gasteiger partial charge >= 0.3 is 6.18 Å². The molecular weight excluding hydrogens is 586 g/mol. The summed E-state index contributed by atoms with van der Waals surface area (Å²) < 4.78 is 55.9. The van der Waals surface area contributed by atoms with E-state index < -0.39 is 17.7 Å². The number of carbonyl (C=O) groups is 1. The zero-order valence-corrected chi connectivity index (χ0v) is 24.4. The van der Waals surface area contributed by atoms with E-state index in [4.69, 9.17) is 17.3 Å². The van der Waals surface area contributed by atoms with Crippen LogP contribution in [0.25, 0.3) is 0 Å². The fourth-order valence-electron chi connectivity index (χ4n) is 5.71. The van der Waals surface area contributed by atoms with Gasteiger partial charge in [0, 0.05) is 33.4 Å². The topological polar surface area (TPSA) is 70.1 Å². The normalized spacial score (nSPS) is 17.4. The lowest BCUT2D eigenvalue weighted by atomic mass is 9.73. The monoisotopic (exact) mass is 611 g/mol. The highest BCUT2D eigenvalue weighted by molar-refractivity contribution is 7.98. The summed E-state index contributed by atoms with van der Waals surface area (Å²) in [6.07, 6.45) is -3.78. The molecule has 0 radical (unpaired) electrons. The van der Waals surface area contributed by atoms with Crippen molar-refractivity contribution in [2.75, 3.05) is 4.90 Å². The van der Waals surface area contributed by atoms with E-state index in [-0.39, 0.29) is 40.1 Å². The maximum atomic E-state index is 14.2. The number of thioether (sulfide) groups is 1. The Morgan fingerprint density at radius 2 is 1.81 bits per heavy atom. The summed E-state index contributed by atoms with van der Waals surface area (Å²) in [6.45, 7) is 3.81. The predicted octanol–water partition coefficient (Wildman–Crippen LogP) is 8.71. The van der Waals surface area contributed by atoms with Crippen molar-refractivity contribution in [1.29, 1.82) is 5.26 Å². The molecule has 0 fully saturated rings. The number of carbonyl (C=O) groups excluding carboxylic acids is 1. The van der Waals surface area contributed by atoms with Crippen molar-refractivity contribution in [3.63, 3.8) is 0 Å². The molecule has 3 aromatic carbocycles. The smallest absolute Gasteiger partial charge is 0.384 e. The summed E-state index contributed by atoms with van der Waals surface area (Å²) in [4.78, 5) is 15.7. The highest BCUT2D eigenvalue weighted by Crippen LogP contribution is 2.50. The van der Waals surface area contributed by atoms with E-state index in [9.17, 15) is 27.6 Å². The first-order valence-electron chi connectivity index (χ1n) is 13.2. The minimum absolute atomic E-state index is 0.0120. The molecule has 2 N–H and O–H groups in total. The van der Waals surface area contributed by atoms with Crippen molar-refractivity contribution < 1.29 is 22.4 Å². The summed E-state index contributed by atoms with van der Waals surface area (Å²) in [7, 11) is 0. The Bertz CT molecular complexity index is 1690. The van der Waals surface area contributed by atoms with Crippen LogP contribution in [0.1, 0.15) is 53.0 Å². The van der Waals surface area contributed by atoms with Gasteiger partial charge in [-0.25, -0.2) is 4.39 Å². The Labute approximate surface area is 250 Å². The molecule has 3 aromatic rings. The number of nitrogens with zero attached hydrogens (tertiary/aromatic N) is 2. The number of rotatable bonds is 5. The van der Waals surface area contributed by atoms with Gasteiger partial charge in [0.25, 0.3) is 0 Å². The number of halogens is 5. The minimum Gasteiger partial charge on any atom is -0.384 e. The van der Waals surface area contributed by atoms with Gasteiger partial charge in [0.05, 0.1) is 28.8 Å². The van der Waals surface area contributed by atoms with Crippen LogP contribution in [-0.2, 0) is 16.7 Å². The Kier molecular flexibility index (Phi) is 8.15. The largest absolute Gasteiger partial charge is 0.418 e. The maximum absolute atomic E-state index is 14.2. The van der Waals surface area contributed by atoms with Crippen molar-refractivity contribution >= 4 is 34.8 Å². The number of allylic oxidation sites excluding steroid dienone is 3. The Morgan fingerprint density at radius 3 is 2.48 bits per heavy atom. The molecule has 0 amide bonds. The molecule has 10 heteroatoms. The van der Waals surface area contributed by atoms with Crippen molar-refractivity contribution in [3.8, 4) is 6.07 Å². The number of nitriles is 1. The Balaban J connectivity index is 1.67. The van der Waals surface area contributed by atoms with Gasteiger partial charge in [0.1, 0.15) is 11.6 Å². The lowest BCUT2D eigenvalue weighted by molar-refractivity contribution is -0.137. The molecule has 216 valence electrons. The van der Waals surface area contributed by atoms with Crippen LogP contribution in [0.15, 0.2) is 82.2 Å². The minimum atomic E-state index is -4.76. The van der Waals surface area contributed by atoms with Gasteiger partial charge in [-0.1, -0.05) is 29.3 Å². The predicted molar refractivity (Wildman–Crippen MR) is 156 cm³/mol. The molecule has 1 aliphatic heterocycles. The van der Waals surface area contributed by atoms with Crippen LogP contribution < -0.4 is 10.6 Å². The van der Waals surface area contributed by atoms with Crippen molar-refractivity contribution in [1.82, 2.24) is 0 Å². The second-order valence-electron chi connectivity index (χ2n) is 10.4. The fourth-order valence-corrected chi connectivity index (χ4v) is 6.83. The molecular formula is C32H26ClF4N3OS. The van der Waals surface area contributed by atoms with E-state index in [1.807, 2.05) is 26.0 Å². The Hall–Kier alpha value is -3.74. The second-order valence-corrected chi connectivity index (χ2v) is 11.8. The van der Waals surface area contributed by atoms with Crippen LogP contribution in [0.2, 0.25) is 5.02 Å². The summed E-state index contributed by atoms with van der Waals surface area (Å²) in [5.74, 6) is -0.976. The number of anilines is 1. The van der Waals surface area contributed by atoms with E-state index in [2.05, 4.69) is 6.07 Å². The summed E-state index contributed by atoms with van der Waals surface area (Å²) >= 11 is 7.46. The summed E-state index contributed by atoms with van der Waals surface area (Å²) in [5, 5.41) is 10.3. The van der Waals surface area contributed by atoms with Gasteiger partial charge < -0.3 is 5.73 Å². The fraction of sp³-hybridized carbons (Fsp3) is 0.250. The van der Waals surface area contributed by atoms with Crippen LogP contribution in [0.4, 0.5) is 23.2 Å². The van der Waals surface area contributed by atoms with E-state index in [1.165, 1.54) is 40.9 Å². The van der Waals surface area contributed by atoms with Crippen molar-refractivity contribution in [3.05, 3.63) is 116 Å². The molecule has 4 nitrogen and oxygen atoms in total. The molecule has 0 aromatic heterocycles. The van der Waals surface area contributed by atoms with Crippen LogP contribution in [0, 0.1) is 31.0 Å². The van der Waals surface area contributed by atoms with Crippen LogP contribution >= 0.6 is 23.4 Å². The molecule has 2 aliphatic rings. The highest BCUT2D eigenvalue weighted by atomic mass is 35.5. The van der Waals surface area contributed by atoms with E-state index in [0.29, 0.717) is 35.4 Å². The van der Waals surface area contributed by atoms with Gasteiger partial charge in [0.2, 0.25) is 0 Å².